The molecule has 3 heterocycles. The van der Waals surface area contributed by atoms with Gasteiger partial charge in [-0.05, 0) is 44.5 Å². The lowest BCUT2D eigenvalue weighted by atomic mass is 9.79. The van der Waals surface area contributed by atoms with Crippen LogP contribution in [0.1, 0.15) is 25.0 Å². The second kappa shape index (κ2) is 4.65. The van der Waals surface area contributed by atoms with Crippen molar-refractivity contribution in [2.24, 2.45) is 11.8 Å². The van der Waals surface area contributed by atoms with Gasteiger partial charge in [0.2, 0.25) is 11.8 Å². The standard InChI is InChI=1S/C18H19N3O3/c1-10-6-12(5-4-11(10)7-19)21-15(22)13-14(16(21)23)18(3)9-20-8-17(13,2)24-18/h4-6,13-14,20H,8-9H2,1-3H3/t13-,14+,17-,18+. The van der Waals surface area contributed by atoms with Gasteiger partial charge >= 0.3 is 0 Å². The Balaban J connectivity index is 1.79. The predicted octanol–water partition coefficient (Wildman–Crippen LogP) is 1.12. The molecular weight excluding hydrogens is 306 g/mol. The Morgan fingerprint density at radius 2 is 1.79 bits per heavy atom. The van der Waals surface area contributed by atoms with Crippen LogP contribution in [0.25, 0.3) is 0 Å². The van der Waals surface area contributed by atoms with Crippen molar-refractivity contribution in [2.75, 3.05) is 18.0 Å². The molecule has 3 aliphatic heterocycles. The number of ether oxygens (including phenoxy) is 1. The minimum absolute atomic E-state index is 0.205. The fourth-order valence-electron chi connectivity index (χ4n) is 4.58. The first-order valence-corrected chi connectivity index (χ1v) is 8.10. The van der Waals surface area contributed by atoms with Gasteiger partial charge in [-0.25, -0.2) is 4.90 Å². The molecule has 0 unspecified atom stereocenters. The van der Waals surface area contributed by atoms with Crippen molar-refractivity contribution in [3.8, 4) is 6.07 Å². The highest BCUT2D eigenvalue weighted by Gasteiger charge is 2.70. The summed E-state index contributed by atoms with van der Waals surface area (Å²) in [5.41, 5.74) is 0.500. The minimum Gasteiger partial charge on any atom is -0.365 e. The third-order valence-electron chi connectivity index (χ3n) is 5.63. The number of amides is 2. The highest BCUT2D eigenvalue weighted by molar-refractivity contribution is 6.23. The zero-order chi connectivity index (χ0) is 17.3. The Labute approximate surface area is 140 Å². The van der Waals surface area contributed by atoms with Gasteiger partial charge in [-0.1, -0.05) is 0 Å². The SMILES string of the molecule is Cc1cc(N2C(=O)[C@@H]3[C@H](C2=O)[C@@]2(C)CNC[C@]3(C)O2)ccc1C#N. The summed E-state index contributed by atoms with van der Waals surface area (Å²) in [7, 11) is 0. The topological polar surface area (TPSA) is 82.4 Å². The molecule has 0 spiro atoms. The molecule has 4 rings (SSSR count). The summed E-state index contributed by atoms with van der Waals surface area (Å²) >= 11 is 0. The largest absolute Gasteiger partial charge is 0.365 e. The van der Waals surface area contributed by atoms with Crippen molar-refractivity contribution in [1.82, 2.24) is 5.32 Å². The Bertz CT molecular complexity index is 780. The van der Waals surface area contributed by atoms with Crippen molar-refractivity contribution in [3.05, 3.63) is 29.3 Å². The summed E-state index contributed by atoms with van der Waals surface area (Å²) in [6.45, 7) is 6.73. The number of carbonyl (C=O) groups is 2. The van der Waals surface area contributed by atoms with E-state index in [4.69, 9.17) is 10.00 Å². The average molecular weight is 325 g/mol. The molecule has 24 heavy (non-hydrogen) atoms. The smallest absolute Gasteiger partial charge is 0.240 e. The van der Waals surface area contributed by atoms with E-state index in [0.29, 0.717) is 24.3 Å². The molecule has 124 valence electrons. The first-order chi connectivity index (χ1) is 11.3. The summed E-state index contributed by atoms with van der Waals surface area (Å²) in [6.07, 6.45) is 0. The van der Waals surface area contributed by atoms with Crippen LogP contribution >= 0.6 is 0 Å². The summed E-state index contributed by atoms with van der Waals surface area (Å²) < 4.78 is 6.15. The number of imide groups is 1. The van der Waals surface area contributed by atoms with Gasteiger partial charge in [-0.2, -0.15) is 5.26 Å². The quantitative estimate of drug-likeness (QED) is 0.783. The lowest BCUT2D eigenvalue weighted by molar-refractivity contribution is -0.145. The third-order valence-corrected chi connectivity index (χ3v) is 5.63. The molecule has 3 fully saturated rings. The molecule has 0 aromatic heterocycles. The summed E-state index contributed by atoms with van der Waals surface area (Å²) in [5, 5.41) is 12.4. The number of benzene rings is 1. The molecule has 6 heteroatoms. The van der Waals surface area contributed by atoms with Gasteiger partial charge < -0.3 is 10.1 Å². The number of hydrogen-bond acceptors (Lipinski definition) is 5. The summed E-state index contributed by atoms with van der Waals surface area (Å²) in [6, 6.07) is 7.16. The molecule has 1 aromatic rings. The van der Waals surface area contributed by atoms with E-state index in [2.05, 4.69) is 11.4 Å². The minimum atomic E-state index is -0.666. The normalized spacial score (nSPS) is 37.5. The average Bonchev–Trinajstić information content (AvgIpc) is 2.87. The molecule has 6 nitrogen and oxygen atoms in total. The molecule has 2 amide bonds. The Kier molecular flexibility index (Phi) is 2.97. The summed E-state index contributed by atoms with van der Waals surface area (Å²) in [5.74, 6) is -1.35. The second-order valence-electron chi connectivity index (χ2n) is 7.41. The molecule has 1 N–H and O–H groups in total. The number of fused-ring (bicyclic) bond motifs is 5. The molecule has 1 aromatic carbocycles. The molecule has 2 bridgehead atoms. The highest BCUT2D eigenvalue weighted by atomic mass is 16.5. The van der Waals surface area contributed by atoms with E-state index in [1.807, 2.05) is 13.8 Å². The first kappa shape index (κ1) is 15.3. The van der Waals surface area contributed by atoms with Crippen LogP contribution in [0.15, 0.2) is 18.2 Å². The van der Waals surface area contributed by atoms with E-state index in [9.17, 15) is 9.59 Å². The van der Waals surface area contributed by atoms with Gasteiger partial charge in [0.05, 0.1) is 40.4 Å². The maximum absolute atomic E-state index is 13.1. The zero-order valence-corrected chi connectivity index (χ0v) is 13.9. The lowest BCUT2D eigenvalue weighted by Gasteiger charge is -2.39. The van der Waals surface area contributed by atoms with E-state index >= 15 is 0 Å². The molecule has 0 radical (unpaired) electrons. The van der Waals surface area contributed by atoms with E-state index in [1.54, 1.807) is 25.1 Å². The van der Waals surface area contributed by atoms with Crippen LogP contribution in [0.3, 0.4) is 0 Å². The van der Waals surface area contributed by atoms with Gasteiger partial charge in [0.15, 0.2) is 0 Å². The van der Waals surface area contributed by atoms with E-state index in [0.717, 1.165) is 5.56 Å². The molecule has 4 atom stereocenters. The fraction of sp³-hybridized carbons (Fsp3) is 0.500. The number of nitrogens with one attached hydrogen (secondary N) is 1. The lowest BCUT2D eigenvalue weighted by Crippen LogP contribution is -2.56. The highest BCUT2D eigenvalue weighted by Crippen LogP contribution is 2.53. The predicted molar refractivity (Wildman–Crippen MR) is 86.1 cm³/mol. The zero-order valence-electron chi connectivity index (χ0n) is 13.9. The van der Waals surface area contributed by atoms with Crippen LogP contribution in [0.5, 0.6) is 0 Å². The molecule has 0 aliphatic carbocycles. The maximum Gasteiger partial charge on any atom is 0.240 e. The van der Waals surface area contributed by atoms with Crippen LogP contribution in [-0.4, -0.2) is 36.1 Å². The summed E-state index contributed by atoms with van der Waals surface area (Å²) in [4.78, 5) is 27.5. The number of hydrogen-bond donors (Lipinski definition) is 1. The van der Waals surface area contributed by atoms with E-state index < -0.39 is 23.0 Å². The monoisotopic (exact) mass is 325 g/mol. The van der Waals surface area contributed by atoms with Crippen molar-refractivity contribution in [3.63, 3.8) is 0 Å². The number of nitrogens with zero attached hydrogens (tertiary/aromatic N) is 2. The van der Waals surface area contributed by atoms with Crippen molar-refractivity contribution in [2.45, 2.75) is 32.0 Å². The molecule has 0 saturated carbocycles. The van der Waals surface area contributed by atoms with E-state index in [-0.39, 0.29) is 11.8 Å². The van der Waals surface area contributed by atoms with Crippen molar-refractivity contribution < 1.29 is 14.3 Å². The van der Waals surface area contributed by atoms with Gasteiger partial charge in [0, 0.05) is 13.1 Å². The molecular formula is C18H19N3O3. The van der Waals surface area contributed by atoms with Crippen LogP contribution in [-0.2, 0) is 14.3 Å². The second-order valence-corrected chi connectivity index (χ2v) is 7.41. The first-order valence-electron chi connectivity index (χ1n) is 8.10. The fourth-order valence-corrected chi connectivity index (χ4v) is 4.58. The van der Waals surface area contributed by atoms with Crippen LogP contribution in [0.4, 0.5) is 5.69 Å². The number of nitriles is 1. The number of anilines is 1. The van der Waals surface area contributed by atoms with Gasteiger partial charge in [0.1, 0.15) is 0 Å². The number of aryl methyl sites for hydroxylation is 1. The van der Waals surface area contributed by atoms with Gasteiger partial charge in [-0.15, -0.1) is 0 Å². The maximum atomic E-state index is 13.1. The van der Waals surface area contributed by atoms with Gasteiger partial charge in [0.25, 0.3) is 0 Å². The van der Waals surface area contributed by atoms with Gasteiger partial charge in [-0.3, -0.25) is 9.59 Å². The number of rotatable bonds is 1. The Morgan fingerprint density at radius 3 is 2.29 bits per heavy atom. The van der Waals surface area contributed by atoms with Crippen LogP contribution in [0.2, 0.25) is 0 Å². The number of carbonyl (C=O) groups excluding carboxylic acids is 2. The molecule has 3 aliphatic rings. The Morgan fingerprint density at radius 1 is 1.21 bits per heavy atom. The van der Waals surface area contributed by atoms with Crippen LogP contribution < -0.4 is 10.2 Å². The van der Waals surface area contributed by atoms with Crippen molar-refractivity contribution >= 4 is 17.5 Å². The Hall–Kier alpha value is -2.23. The third kappa shape index (κ3) is 1.77. The molecule has 3 saturated heterocycles. The van der Waals surface area contributed by atoms with Crippen LogP contribution in [0, 0.1) is 30.1 Å². The van der Waals surface area contributed by atoms with Crippen molar-refractivity contribution in [1.29, 1.82) is 5.26 Å². The van der Waals surface area contributed by atoms with E-state index in [1.165, 1.54) is 4.90 Å². The number of morpholine rings is 1.